The maximum absolute atomic E-state index is 12.0. The maximum atomic E-state index is 12.0. The normalized spacial score (nSPS) is 15.5. The van der Waals surface area contributed by atoms with E-state index in [2.05, 4.69) is 0 Å². The first-order valence-electron chi connectivity index (χ1n) is 6.03. The van der Waals surface area contributed by atoms with Gasteiger partial charge < -0.3 is 9.84 Å². The number of hydrogen-bond acceptors (Lipinski definition) is 4. The van der Waals surface area contributed by atoms with E-state index in [0.717, 1.165) is 0 Å². The van der Waals surface area contributed by atoms with Gasteiger partial charge in [0.25, 0.3) is 0 Å². The van der Waals surface area contributed by atoms with Crippen molar-refractivity contribution in [2.75, 3.05) is 6.61 Å². The second-order valence-electron chi connectivity index (χ2n) is 4.47. The lowest BCUT2D eigenvalue weighted by atomic mass is 10.1. The molecule has 102 valence electrons. The topological polar surface area (TPSA) is 63.6 Å². The molecule has 5 heteroatoms. The van der Waals surface area contributed by atoms with Crippen LogP contribution >= 0.6 is 0 Å². The standard InChI is InChI=1S/C15H12O4S/c16-12-6-7-15-14(8-12)11(10-20(15,17)18)9-19-13-4-2-1-3-5-13/h1-8,10,16H,9H2. The Hall–Kier alpha value is -2.27. The Bertz CT molecular complexity index is 777. The number of rotatable bonds is 3. The Morgan fingerprint density at radius 2 is 1.80 bits per heavy atom. The summed E-state index contributed by atoms with van der Waals surface area (Å²) in [6.07, 6.45) is 0. The van der Waals surface area contributed by atoms with Gasteiger partial charge in [-0.15, -0.1) is 0 Å². The summed E-state index contributed by atoms with van der Waals surface area (Å²) in [6, 6.07) is 13.4. The van der Waals surface area contributed by atoms with Crippen LogP contribution in [0.15, 0.2) is 58.8 Å². The van der Waals surface area contributed by atoms with Crippen LogP contribution in [-0.4, -0.2) is 20.1 Å². The van der Waals surface area contributed by atoms with Crippen molar-refractivity contribution in [1.29, 1.82) is 0 Å². The number of fused-ring (bicyclic) bond motifs is 1. The summed E-state index contributed by atoms with van der Waals surface area (Å²) < 4.78 is 29.5. The van der Waals surface area contributed by atoms with Crippen molar-refractivity contribution in [3.05, 3.63) is 59.5 Å². The molecule has 2 aromatic carbocycles. The minimum atomic E-state index is -3.43. The third-order valence-corrected chi connectivity index (χ3v) is 4.61. The molecule has 4 nitrogen and oxygen atoms in total. The van der Waals surface area contributed by atoms with E-state index in [9.17, 15) is 13.5 Å². The highest BCUT2D eigenvalue weighted by Gasteiger charge is 2.27. The Labute approximate surface area is 116 Å². The fourth-order valence-corrected chi connectivity index (χ4v) is 3.57. The Morgan fingerprint density at radius 3 is 2.55 bits per heavy atom. The molecule has 0 saturated heterocycles. The number of benzene rings is 2. The number of hydrogen-bond donors (Lipinski definition) is 1. The van der Waals surface area contributed by atoms with Crippen LogP contribution < -0.4 is 4.74 Å². The van der Waals surface area contributed by atoms with Crippen molar-refractivity contribution in [3.8, 4) is 11.5 Å². The lowest BCUT2D eigenvalue weighted by molar-refractivity contribution is 0.370. The van der Waals surface area contributed by atoms with Gasteiger partial charge in [0.15, 0.2) is 0 Å². The van der Waals surface area contributed by atoms with E-state index >= 15 is 0 Å². The van der Waals surface area contributed by atoms with Crippen molar-refractivity contribution < 1.29 is 18.3 Å². The fourth-order valence-electron chi connectivity index (χ4n) is 2.12. The van der Waals surface area contributed by atoms with E-state index in [4.69, 9.17) is 4.74 Å². The zero-order valence-corrected chi connectivity index (χ0v) is 11.3. The highest BCUT2D eigenvalue weighted by molar-refractivity contribution is 7.95. The molecule has 1 aliphatic heterocycles. The summed E-state index contributed by atoms with van der Waals surface area (Å²) in [4.78, 5) is 0.210. The number of ether oxygens (including phenoxy) is 1. The first-order chi connectivity index (χ1) is 9.56. The minimum absolute atomic E-state index is 0.0338. The van der Waals surface area contributed by atoms with Gasteiger partial charge in [-0.3, -0.25) is 0 Å². The Kier molecular flexibility index (Phi) is 2.99. The summed E-state index contributed by atoms with van der Waals surface area (Å²) in [5.74, 6) is 0.700. The molecule has 2 aromatic rings. The summed E-state index contributed by atoms with van der Waals surface area (Å²) in [7, 11) is -3.43. The van der Waals surface area contributed by atoms with Crippen LogP contribution in [0.25, 0.3) is 5.57 Å². The van der Waals surface area contributed by atoms with Crippen molar-refractivity contribution in [2.45, 2.75) is 4.90 Å². The molecule has 0 radical (unpaired) electrons. The highest BCUT2D eigenvalue weighted by atomic mass is 32.2. The van der Waals surface area contributed by atoms with Gasteiger partial charge in [-0.1, -0.05) is 18.2 Å². The molecule has 0 saturated carbocycles. The van der Waals surface area contributed by atoms with Crippen LogP contribution in [0.3, 0.4) is 0 Å². The molecule has 0 unspecified atom stereocenters. The smallest absolute Gasteiger partial charge is 0.200 e. The molecule has 0 amide bonds. The quantitative estimate of drug-likeness (QED) is 0.943. The van der Waals surface area contributed by atoms with E-state index in [1.807, 2.05) is 18.2 Å². The summed E-state index contributed by atoms with van der Waals surface area (Å²) in [6.45, 7) is 0.139. The van der Waals surface area contributed by atoms with Gasteiger partial charge in [-0.2, -0.15) is 0 Å². The second kappa shape index (κ2) is 4.68. The number of sulfone groups is 1. The zero-order valence-electron chi connectivity index (χ0n) is 10.5. The summed E-state index contributed by atoms with van der Waals surface area (Å²) in [5, 5.41) is 10.7. The number of aromatic hydroxyl groups is 1. The van der Waals surface area contributed by atoms with Gasteiger partial charge in [0, 0.05) is 16.5 Å². The average Bonchev–Trinajstić information content (AvgIpc) is 2.68. The lowest BCUT2D eigenvalue weighted by Crippen LogP contribution is -1.99. The predicted octanol–water partition coefficient (Wildman–Crippen LogP) is 2.60. The maximum Gasteiger partial charge on any atom is 0.200 e. The minimum Gasteiger partial charge on any atom is -0.508 e. The monoisotopic (exact) mass is 288 g/mol. The van der Waals surface area contributed by atoms with Gasteiger partial charge in [-0.05, 0) is 30.3 Å². The highest BCUT2D eigenvalue weighted by Crippen LogP contribution is 2.35. The average molecular weight is 288 g/mol. The first kappa shape index (κ1) is 12.7. The fraction of sp³-hybridized carbons (Fsp3) is 0.0667. The van der Waals surface area contributed by atoms with Gasteiger partial charge in [-0.25, -0.2) is 8.42 Å². The molecule has 20 heavy (non-hydrogen) atoms. The summed E-state index contributed by atoms with van der Waals surface area (Å²) >= 11 is 0. The molecular weight excluding hydrogens is 276 g/mol. The van der Waals surface area contributed by atoms with E-state index in [-0.39, 0.29) is 17.3 Å². The van der Waals surface area contributed by atoms with E-state index in [0.29, 0.717) is 16.9 Å². The van der Waals surface area contributed by atoms with Gasteiger partial charge in [0.1, 0.15) is 18.1 Å². The van der Waals surface area contributed by atoms with E-state index < -0.39 is 9.84 Å². The van der Waals surface area contributed by atoms with Gasteiger partial charge in [0.05, 0.1) is 4.90 Å². The first-order valence-corrected chi connectivity index (χ1v) is 7.58. The molecule has 0 fully saturated rings. The van der Waals surface area contributed by atoms with Crippen LogP contribution in [0.2, 0.25) is 0 Å². The molecule has 3 rings (SSSR count). The molecule has 1 heterocycles. The Morgan fingerprint density at radius 1 is 1.05 bits per heavy atom. The van der Waals surface area contributed by atoms with Gasteiger partial charge in [0.2, 0.25) is 9.84 Å². The van der Waals surface area contributed by atoms with Crippen LogP contribution in [0, 0.1) is 0 Å². The molecule has 0 atom stereocenters. The number of para-hydroxylation sites is 1. The van der Waals surface area contributed by atoms with E-state index in [1.165, 1.54) is 23.6 Å². The third-order valence-electron chi connectivity index (χ3n) is 3.05. The molecule has 0 spiro atoms. The zero-order chi connectivity index (χ0) is 14.2. The largest absolute Gasteiger partial charge is 0.508 e. The van der Waals surface area contributed by atoms with Crippen LogP contribution in [-0.2, 0) is 9.84 Å². The van der Waals surface area contributed by atoms with Gasteiger partial charge >= 0.3 is 0 Å². The third kappa shape index (κ3) is 2.28. The molecular formula is C15H12O4S. The summed E-state index contributed by atoms with van der Waals surface area (Å²) in [5.41, 5.74) is 1.04. The Balaban J connectivity index is 1.91. The molecule has 1 aliphatic rings. The van der Waals surface area contributed by atoms with E-state index in [1.54, 1.807) is 12.1 Å². The van der Waals surface area contributed by atoms with Crippen molar-refractivity contribution in [1.82, 2.24) is 0 Å². The van der Waals surface area contributed by atoms with Crippen molar-refractivity contribution >= 4 is 15.4 Å². The number of phenols is 1. The van der Waals surface area contributed by atoms with Crippen molar-refractivity contribution in [2.24, 2.45) is 0 Å². The van der Waals surface area contributed by atoms with Crippen molar-refractivity contribution in [3.63, 3.8) is 0 Å². The molecule has 0 aromatic heterocycles. The molecule has 1 N–H and O–H groups in total. The SMILES string of the molecule is O=S1(=O)C=C(COc2ccccc2)c2cc(O)ccc21. The second-order valence-corrected chi connectivity index (χ2v) is 6.24. The lowest BCUT2D eigenvalue weighted by Gasteiger charge is -2.07. The number of phenolic OH excluding ortho intramolecular Hbond substituents is 1. The molecule has 0 bridgehead atoms. The van der Waals surface area contributed by atoms with Crippen LogP contribution in [0.5, 0.6) is 11.5 Å². The van der Waals surface area contributed by atoms with Crippen LogP contribution in [0.1, 0.15) is 5.56 Å². The molecule has 0 aliphatic carbocycles. The predicted molar refractivity (Wildman–Crippen MR) is 75.2 cm³/mol. The van der Waals surface area contributed by atoms with Crippen LogP contribution in [0.4, 0.5) is 0 Å².